The Morgan fingerprint density at radius 3 is 2.13 bits per heavy atom. The molecular formula is C13H26N2. The van der Waals surface area contributed by atoms with E-state index >= 15 is 0 Å². The lowest BCUT2D eigenvalue weighted by molar-refractivity contribution is 0.327. The van der Waals surface area contributed by atoms with Crippen molar-refractivity contribution in [2.45, 2.75) is 47.1 Å². The quantitative estimate of drug-likeness (QED) is 0.744. The van der Waals surface area contributed by atoms with Crippen LogP contribution in [-0.4, -0.2) is 25.7 Å². The maximum atomic E-state index is 3.78. The molecule has 1 saturated carbocycles. The van der Waals surface area contributed by atoms with Crippen molar-refractivity contribution in [3.63, 3.8) is 0 Å². The van der Waals surface area contributed by atoms with Crippen molar-refractivity contribution in [1.82, 2.24) is 10.6 Å². The van der Waals surface area contributed by atoms with E-state index in [-0.39, 0.29) is 0 Å². The summed E-state index contributed by atoms with van der Waals surface area (Å²) in [6.45, 7) is 15.4. The van der Waals surface area contributed by atoms with Crippen LogP contribution >= 0.6 is 0 Å². The Bertz CT molecular complexity index is 235. The van der Waals surface area contributed by atoms with Crippen LogP contribution in [0, 0.1) is 16.2 Å². The Kier molecular flexibility index (Phi) is 2.44. The molecule has 2 N–H and O–H groups in total. The van der Waals surface area contributed by atoms with Crippen LogP contribution in [0.1, 0.15) is 41.0 Å². The molecule has 15 heavy (non-hydrogen) atoms. The first-order valence-electron chi connectivity index (χ1n) is 6.24. The van der Waals surface area contributed by atoms with Gasteiger partial charge < -0.3 is 10.6 Å². The number of hydrogen-bond donors (Lipinski definition) is 2. The summed E-state index contributed by atoms with van der Waals surface area (Å²) in [5.74, 6) is 0. The molecule has 1 aliphatic carbocycles. The van der Waals surface area contributed by atoms with Gasteiger partial charge in [-0.2, -0.15) is 0 Å². The molecule has 0 aromatic heterocycles. The third kappa shape index (κ3) is 1.72. The van der Waals surface area contributed by atoms with Crippen LogP contribution in [-0.2, 0) is 0 Å². The van der Waals surface area contributed by atoms with Gasteiger partial charge in [-0.25, -0.2) is 0 Å². The molecule has 1 unspecified atom stereocenters. The normalized spacial score (nSPS) is 38.2. The van der Waals surface area contributed by atoms with Gasteiger partial charge in [-0.05, 0) is 29.2 Å². The average Bonchev–Trinajstić information content (AvgIpc) is 2.51. The monoisotopic (exact) mass is 210 g/mol. The molecule has 1 aliphatic heterocycles. The molecule has 2 fully saturated rings. The molecule has 2 heteroatoms. The Morgan fingerprint density at radius 2 is 1.73 bits per heavy atom. The third-order valence-electron chi connectivity index (χ3n) is 5.21. The van der Waals surface area contributed by atoms with E-state index in [1.807, 2.05) is 0 Å². The first kappa shape index (κ1) is 11.4. The zero-order chi connectivity index (χ0) is 11.3. The Hall–Kier alpha value is -0.0800. The maximum Gasteiger partial charge on any atom is 0.0181 e. The van der Waals surface area contributed by atoms with Crippen LogP contribution in [0.25, 0.3) is 0 Å². The maximum absolute atomic E-state index is 3.78. The Labute approximate surface area is 94.2 Å². The van der Waals surface area contributed by atoms with Gasteiger partial charge in [-0.15, -0.1) is 0 Å². The van der Waals surface area contributed by atoms with Crippen LogP contribution in [0.4, 0.5) is 0 Å². The summed E-state index contributed by atoms with van der Waals surface area (Å²) in [7, 11) is 0. The molecule has 0 amide bonds. The molecule has 0 aromatic rings. The molecule has 0 aromatic carbocycles. The summed E-state index contributed by atoms with van der Waals surface area (Å²) in [6, 6.07) is 0.697. The Morgan fingerprint density at radius 1 is 1.13 bits per heavy atom. The van der Waals surface area contributed by atoms with Gasteiger partial charge in [-0.3, -0.25) is 0 Å². The molecule has 2 rings (SSSR count). The molecule has 1 atom stereocenters. The second-order valence-electron chi connectivity index (χ2n) is 6.99. The predicted octanol–water partition coefficient (Wildman–Crippen LogP) is 2.01. The fourth-order valence-corrected chi connectivity index (χ4v) is 3.07. The van der Waals surface area contributed by atoms with Gasteiger partial charge in [0.1, 0.15) is 0 Å². The highest BCUT2D eigenvalue weighted by Crippen LogP contribution is 2.62. The Balaban J connectivity index is 1.85. The van der Waals surface area contributed by atoms with E-state index in [9.17, 15) is 0 Å². The van der Waals surface area contributed by atoms with Crippen LogP contribution < -0.4 is 10.6 Å². The van der Waals surface area contributed by atoms with Gasteiger partial charge in [-0.1, -0.05) is 34.6 Å². The molecule has 2 aliphatic rings. The van der Waals surface area contributed by atoms with Crippen molar-refractivity contribution in [3.8, 4) is 0 Å². The van der Waals surface area contributed by atoms with Gasteiger partial charge in [0, 0.05) is 19.1 Å². The first-order valence-corrected chi connectivity index (χ1v) is 6.24. The molecule has 1 heterocycles. The summed E-state index contributed by atoms with van der Waals surface area (Å²) in [5.41, 5.74) is 1.42. The lowest BCUT2D eigenvalue weighted by Crippen LogP contribution is -2.36. The van der Waals surface area contributed by atoms with E-state index in [1.54, 1.807) is 0 Å². The molecule has 88 valence electrons. The van der Waals surface area contributed by atoms with Gasteiger partial charge in [0.05, 0.1) is 0 Å². The van der Waals surface area contributed by atoms with E-state index in [4.69, 9.17) is 0 Å². The minimum absolute atomic E-state index is 0.468. The summed E-state index contributed by atoms with van der Waals surface area (Å²) < 4.78 is 0. The minimum Gasteiger partial charge on any atom is -0.316 e. The summed E-state index contributed by atoms with van der Waals surface area (Å²) in [4.78, 5) is 0. The van der Waals surface area contributed by atoms with E-state index in [0.717, 1.165) is 6.54 Å². The van der Waals surface area contributed by atoms with Crippen LogP contribution in [0.3, 0.4) is 0 Å². The lowest BCUT2D eigenvalue weighted by atomic mass is 9.90. The van der Waals surface area contributed by atoms with E-state index in [0.29, 0.717) is 22.3 Å². The third-order valence-corrected chi connectivity index (χ3v) is 5.21. The van der Waals surface area contributed by atoms with Crippen LogP contribution in [0.2, 0.25) is 0 Å². The van der Waals surface area contributed by atoms with Crippen molar-refractivity contribution < 1.29 is 0 Å². The summed E-state index contributed by atoms with van der Waals surface area (Å²) in [5, 5.41) is 7.24. The van der Waals surface area contributed by atoms with E-state index in [2.05, 4.69) is 45.3 Å². The number of hydrogen-bond acceptors (Lipinski definition) is 2. The highest BCUT2D eigenvalue weighted by Gasteiger charge is 2.64. The largest absolute Gasteiger partial charge is 0.316 e. The van der Waals surface area contributed by atoms with E-state index < -0.39 is 0 Å². The highest BCUT2D eigenvalue weighted by molar-refractivity contribution is 5.18. The van der Waals surface area contributed by atoms with Crippen molar-refractivity contribution >= 4 is 0 Å². The fourth-order valence-electron chi connectivity index (χ4n) is 3.07. The smallest absolute Gasteiger partial charge is 0.0181 e. The molecular weight excluding hydrogens is 184 g/mol. The van der Waals surface area contributed by atoms with Crippen molar-refractivity contribution in [2.75, 3.05) is 19.6 Å². The van der Waals surface area contributed by atoms with Gasteiger partial charge in [0.15, 0.2) is 0 Å². The molecule has 0 bridgehead atoms. The first-order chi connectivity index (χ1) is 6.80. The van der Waals surface area contributed by atoms with Crippen molar-refractivity contribution in [3.05, 3.63) is 0 Å². The van der Waals surface area contributed by atoms with Crippen molar-refractivity contribution in [2.24, 2.45) is 16.2 Å². The molecule has 2 nitrogen and oxygen atoms in total. The van der Waals surface area contributed by atoms with Crippen LogP contribution in [0.5, 0.6) is 0 Å². The highest BCUT2D eigenvalue weighted by atomic mass is 15.1. The van der Waals surface area contributed by atoms with Crippen LogP contribution in [0.15, 0.2) is 0 Å². The van der Waals surface area contributed by atoms with Gasteiger partial charge >= 0.3 is 0 Å². The number of nitrogens with one attached hydrogen (secondary N) is 2. The zero-order valence-corrected chi connectivity index (χ0v) is 10.9. The van der Waals surface area contributed by atoms with E-state index in [1.165, 1.54) is 19.5 Å². The number of rotatable bonds is 3. The van der Waals surface area contributed by atoms with Crippen molar-refractivity contribution in [1.29, 1.82) is 0 Å². The topological polar surface area (TPSA) is 24.1 Å². The fraction of sp³-hybridized carbons (Fsp3) is 1.00. The van der Waals surface area contributed by atoms with Gasteiger partial charge in [0.2, 0.25) is 0 Å². The average molecular weight is 210 g/mol. The minimum atomic E-state index is 0.468. The van der Waals surface area contributed by atoms with Gasteiger partial charge in [0.25, 0.3) is 0 Å². The second kappa shape index (κ2) is 3.21. The molecule has 0 spiro atoms. The summed E-state index contributed by atoms with van der Waals surface area (Å²) in [6.07, 6.45) is 1.31. The second-order valence-corrected chi connectivity index (χ2v) is 6.99. The zero-order valence-electron chi connectivity index (χ0n) is 10.9. The summed E-state index contributed by atoms with van der Waals surface area (Å²) >= 11 is 0. The molecule has 1 saturated heterocycles. The molecule has 0 radical (unpaired) electrons. The standard InChI is InChI=1S/C13H26N2/c1-11(2)10(12(11,3)4)15-9-13(5)6-7-14-8-13/h10,14-15H,6-9H2,1-5H3. The lowest BCUT2D eigenvalue weighted by Gasteiger charge is -2.23. The predicted molar refractivity (Wildman–Crippen MR) is 64.9 cm³/mol. The SMILES string of the molecule is CC1(CNC2C(C)(C)C2(C)C)CCNC1.